The largest absolute Gasteiger partial charge is 0.497 e. The number of thioether (sulfide) groups is 1. The highest BCUT2D eigenvalue weighted by molar-refractivity contribution is 7.98. The molecule has 0 amide bonds. The number of hydrogen-bond acceptors (Lipinski definition) is 8. The third-order valence-corrected chi connectivity index (χ3v) is 6.15. The summed E-state index contributed by atoms with van der Waals surface area (Å²) in [6.45, 7) is 0. The highest BCUT2D eigenvalue weighted by Crippen LogP contribution is 2.33. The quantitative estimate of drug-likeness (QED) is 0.352. The summed E-state index contributed by atoms with van der Waals surface area (Å²) in [5.41, 5.74) is 2.81. The second-order valence-corrected chi connectivity index (χ2v) is 7.84. The number of nitrogens with two attached hydrogens (primary N) is 1. The summed E-state index contributed by atoms with van der Waals surface area (Å²) in [4.78, 5) is 4.72. The molecule has 0 radical (unpaired) electrons. The van der Waals surface area contributed by atoms with E-state index in [0.29, 0.717) is 16.7 Å². The van der Waals surface area contributed by atoms with Crippen LogP contribution in [0.1, 0.15) is 5.69 Å². The van der Waals surface area contributed by atoms with Crippen molar-refractivity contribution < 1.29 is 9.47 Å². The maximum absolute atomic E-state index is 6.21. The standard InChI is InChI=1S/C20H19N5O2S2/c1-26-15-9-7-13(8-10-15)18-23-24-20(25(18)21)29-12-14-11-28-19(22-14)16-5-3-4-6-17(16)27-2/h3-11H,12,21H2,1-2H3. The van der Waals surface area contributed by atoms with E-state index >= 15 is 0 Å². The molecule has 2 N–H and O–H groups in total. The van der Waals surface area contributed by atoms with Crippen LogP contribution < -0.4 is 15.3 Å². The topological polar surface area (TPSA) is 88.1 Å². The van der Waals surface area contributed by atoms with Gasteiger partial charge < -0.3 is 15.3 Å². The van der Waals surface area contributed by atoms with Gasteiger partial charge in [-0.05, 0) is 36.4 Å². The summed E-state index contributed by atoms with van der Waals surface area (Å²) in [5, 5.41) is 12.0. The predicted octanol–water partition coefficient (Wildman–Crippen LogP) is 4.09. The maximum Gasteiger partial charge on any atom is 0.210 e. The van der Waals surface area contributed by atoms with E-state index in [0.717, 1.165) is 33.3 Å². The van der Waals surface area contributed by atoms with Gasteiger partial charge in [0, 0.05) is 16.7 Å². The number of nitrogens with zero attached hydrogens (tertiary/aromatic N) is 4. The fourth-order valence-electron chi connectivity index (χ4n) is 2.77. The smallest absolute Gasteiger partial charge is 0.210 e. The second kappa shape index (κ2) is 8.54. The molecule has 148 valence electrons. The van der Waals surface area contributed by atoms with Crippen LogP contribution in [0.3, 0.4) is 0 Å². The fourth-order valence-corrected chi connectivity index (χ4v) is 4.47. The van der Waals surface area contributed by atoms with Crippen molar-refractivity contribution >= 4 is 23.1 Å². The molecule has 0 saturated heterocycles. The molecule has 29 heavy (non-hydrogen) atoms. The van der Waals surface area contributed by atoms with Crippen LogP contribution in [0.2, 0.25) is 0 Å². The Morgan fingerprint density at radius 2 is 1.83 bits per heavy atom. The third-order valence-electron chi connectivity index (χ3n) is 4.25. The van der Waals surface area contributed by atoms with E-state index in [-0.39, 0.29) is 0 Å². The molecule has 2 aromatic carbocycles. The van der Waals surface area contributed by atoms with Crippen molar-refractivity contribution in [3.05, 3.63) is 59.6 Å². The van der Waals surface area contributed by atoms with Crippen LogP contribution in [-0.4, -0.2) is 34.1 Å². The number of nitrogen functional groups attached to an aromatic ring is 1. The number of hydrogen-bond donors (Lipinski definition) is 1. The SMILES string of the molecule is COc1ccc(-c2nnc(SCc3csc(-c4ccccc4OC)n3)n2N)cc1. The first-order chi connectivity index (χ1) is 14.2. The van der Waals surface area contributed by atoms with Crippen molar-refractivity contribution in [2.75, 3.05) is 20.1 Å². The summed E-state index contributed by atoms with van der Waals surface area (Å²) in [6, 6.07) is 15.4. The van der Waals surface area contributed by atoms with E-state index in [2.05, 4.69) is 10.2 Å². The molecule has 2 aromatic heterocycles. The lowest BCUT2D eigenvalue weighted by molar-refractivity contribution is 0.415. The van der Waals surface area contributed by atoms with Gasteiger partial charge in [-0.15, -0.1) is 21.5 Å². The molecule has 9 heteroatoms. The van der Waals surface area contributed by atoms with E-state index < -0.39 is 0 Å². The Hall–Kier alpha value is -3.04. The Labute approximate surface area is 176 Å². The molecule has 0 aliphatic heterocycles. The first kappa shape index (κ1) is 19.3. The molecule has 0 aliphatic carbocycles. The monoisotopic (exact) mass is 425 g/mol. The lowest BCUT2D eigenvalue weighted by Crippen LogP contribution is -2.11. The summed E-state index contributed by atoms with van der Waals surface area (Å²) in [5.74, 6) is 9.04. The Bertz CT molecular complexity index is 1110. The van der Waals surface area contributed by atoms with Crippen LogP contribution in [0, 0.1) is 0 Å². The molecule has 0 unspecified atom stereocenters. The second-order valence-electron chi connectivity index (χ2n) is 6.04. The van der Waals surface area contributed by atoms with Crippen molar-refractivity contribution in [1.82, 2.24) is 19.9 Å². The lowest BCUT2D eigenvalue weighted by atomic mass is 10.2. The molecule has 0 aliphatic rings. The van der Waals surface area contributed by atoms with Gasteiger partial charge in [-0.2, -0.15) is 0 Å². The summed E-state index contributed by atoms with van der Waals surface area (Å²) in [7, 11) is 3.30. The van der Waals surface area contributed by atoms with Gasteiger partial charge in [0.05, 0.1) is 25.5 Å². The molecule has 0 fully saturated rings. The Kier molecular flexibility index (Phi) is 5.68. The van der Waals surface area contributed by atoms with E-state index in [1.165, 1.54) is 16.4 Å². The van der Waals surface area contributed by atoms with E-state index in [1.54, 1.807) is 25.6 Å². The molecule has 0 bridgehead atoms. The zero-order valence-electron chi connectivity index (χ0n) is 15.9. The Morgan fingerprint density at radius 3 is 2.59 bits per heavy atom. The van der Waals surface area contributed by atoms with Crippen LogP contribution in [0.5, 0.6) is 11.5 Å². The molecule has 7 nitrogen and oxygen atoms in total. The van der Waals surface area contributed by atoms with Gasteiger partial charge in [0.15, 0.2) is 5.82 Å². The van der Waals surface area contributed by atoms with Gasteiger partial charge in [-0.25, -0.2) is 9.66 Å². The van der Waals surface area contributed by atoms with Gasteiger partial charge in [-0.1, -0.05) is 23.9 Å². The van der Waals surface area contributed by atoms with Gasteiger partial charge in [0.2, 0.25) is 5.16 Å². The first-order valence-corrected chi connectivity index (χ1v) is 10.6. The van der Waals surface area contributed by atoms with Crippen LogP contribution in [0.25, 0.3) is 22.0 Å². The van der Waals surface area contributed by atoms with Crippen LogP contribution in [-0.2, 0) is 5.75 Å². The van der Waals surface area contributed by atoms with Crippen molar-refractivity contribution in [2.45, 2.75) is 10.9 Å². The van der Waals surface area contributed by atoms with E-state index in [9.17, 15) is 0 Å². The summed E-state index contributed by atoms with van der Waals surface area (Å²) in [6.07, 6.45) is 0. The van der Waals surface area contributed by atoms with Crippen LogP contribution in [0.15, 0.2) is 59.1 Å². The van der Waals surface area contributed by atoms with Crippen molar-refractivity contribution in [3.63, 3.8) is 0 Å². The predicted molar refractivity (Wildman–Crippen MR) is 116 cm³/mol. The first-order valence-electron chi connectivity index (χ1n) is 8.75. The third kappa shape index (κ3) is 4.06. The number of aromatic nitrogens is 4. The molecular formula is C20H19N5O2S2. The number of rotatable bonds is 7. The zero-order chi connectivity index (χ0) is 20.2. The fraction of sp³-hybridized carbons (Fsp3) is 0.150. The Morgan fingerprint density at radius 1 is 1.03 bits per heavy atom. The number of benzene rings is 2. The van der Waals surface area contributed by atoms with Gasteiger partial charge in [0.1, 0.15) is 16.5 Å². The normalized spacial score (nSPS) is 10.8. The zero-order valence-corrected chi connectivity index (χ0v) is 17.5. The van der Waals surface area contributed by atoms with Crippen molar-refractivity contribution in [1.29, 1.82) is 0 Å². The number of para-hydroxylation sites is 1. The van der Waals surface area contributed by atoms with Gasteiger partial charge in [-0.3, -0.25) is 0 Å². The average molecular weight is 426 g/mol. The Balaban J connectivity index is 1.47. The summed E-state index contributed by atoms with van der Waals surface area (Å²) < 4.78 is 12.1. The molecule has 2 heterocycles. The molecule has 0 saturated carbocycles. The van der Waals surface area contributed by atoms with Gasteiger partial charge in [0.25, 0.3) is 0 Å². The minimum atomic E-state index is 0.600. The number of ether oxygens (including phenoxy) is 2. The minimum absolute atomic E-state index is 0.600. The molecule has 0 atom stereocenters. The van der Waals surface area contributed by atoms with E-state index in [4.69, 9.17) is 20.3 Å². The minimum Gasteiger partial charge on any atom is -0.497 e. The van der Waals surface area contributed by atoms with Crippen molar-refractivity contribution in [2.24, 2.45) is 0 Å². The molecule has 4 aromatic rings. The van der Waals surface area contributed by atoms with Gasteiger partial charge >= 0.3 is 0 Å². The lowest BCUT2D eigenvalue weighted by Gasteiger charge is -2.05. The highest BCUT2D eigenvalue weighted by atomic mass is 32.2. The molecule has 0 spiro atoms. The average Bonchev–Trinajstić information content (AvgIpc) is 3.39. The summed E-state index contributed by atoms with van der Waals surface area (Å²) >= 11 is 3.08. The highest BCUT2D eigenvalue weighted by Gasteiger charge is 2.14. The number of thiazole rings is 1. The van der Waals surface area contributed by atoms with Crippen molar-refractivity contribution in [3.8, 4) is 33.5 Å². The molecule has 4 rings (SSSR count). The number of methoxy groups -OCH3 is 2. The van der Waals surface area contributed by atoms with Crippen LogP contribution >= 0.6 is 23.1 Å². The van der Waals surface area contributed by atoms with E-state index in [1.807, 2.05) is 53.9 Å². The maximum atomic E-state index is 6.21. The van der Waals surface area contributed by atoms with Crippen LogP contribution in [0.4, 0.5) is 0 Å². The molecular weight excluding hydrogens is 406 g/mol.